The van der Waals surface area contributed by atoms with E-state index in [9.17, 15) is 19.2 Å². The van der Waals surface area contributed by atoms with Crippen molar-refractivity contribution in [3.8, 4) is 0 Å². The number of hydrogen-bond acceptors (Lipinski definition) is 10. The second-order valence-electron chi connectivity index (χ2n) is 14.6. The summed E-state index contributed by atoms with van der Waals surface area (Å²) in [5, 5.41) is 7.15. The Labute approximate surface area is 341 Å². The maximum absolute atomic E-state index is 16.6. The van der Waals surface area contributed by atoms with Gasteiger partial charge in [0.2, 0.25) is 11.8 Å². The maximum atomic E-state index is 16.6. The predicted octanol–water partition coefficient (Wildman–Crippen LogP) is 6.40. The van der Waals surface area contributed by atoms with Gasteiger partial charge in [-0.05, 0) is 44.2 Å². The van der Waals surface area contributed by atoms with Gasteiger partial charge in [-0.25, -0.2) is 18.4 Å². The number of alkyl halides is 2. The molecule has 324 valence electrons. The number of rotatable bonds is 26. The number of unbranched alkanes of at least 4 members (excludes halogenated alkanes) is 3. The molecule has 2 aromatic carbocycles. The van der Waals surface area contributed by atoms with Crippen LogP contribution in [0.4, 0.5) is 13.6 Å². The third-order valence-corrected chi connectivity index (χ3v) is 9.54. The third-order valence-electron chi connectivity index (χ3n) is 9.54. The molecule has 58 heavy (non-hydrogen) atoms. The minimum atomic E-state index is -3.71. The van der Waals surface area contributed by atoms with E-state index >= 15 is 8.78 Å². The highest BCUT2D eigenvalue weighted by Gasteiger charge is 2.52. The summed E-state index contributed by atoms with van der Waals surface area (Å²) in [5.41, 5.74) is 1.39. The van der Waals surface area contributed by atoms with E-state index in [2.05, 4.69) is 16.0 Å². The molecule has 13 nitrogen and oxygen atoms in total. The molecule has 1 heterocycles. The molecule has 0 radical (unpaired) electrons. The zero-order chi connectivity index (χ0) is 42.3. The molecule has 1 aliphatic heterocycles. The quantitative estimate of drug-likeness (QED) is 0.0716. The lowest BCUT2D eigenvalue weighted by molar-refractivity contribution is -0.260. The first-order chi connectivity index (χ1) is 27.9. The Morgan fingerprint density at radius 1 is 0.741 bits per heavy atom. The van der Waals surface area contributed by atoms with E-state index in [4.69, 9.17) is 28.4 Å². The summed E-state index contributed by atoms with van der Waals surface area (Å²) in [6.45, 7) is 9.71. The smallest absolute Gasteiger partial charge is 0.408 e. The van der Waals surface area contributed by atoms with E-state index in [1.165, 1.54) is 13.8 Å². The van der Waals surface area contributed by atoms with Gasteiger partial charge in [0.25, 0.3) is 5.92 Å². The standard InChI is InChI=1S/C43H63F2N3O10/c1-6-9-22-53-29-36-38(55-24-11-8-3)35(54-23-10-7-2)25-37(58-36)43(44,45)26-34(48-42(52)57-28-33-20-16-13-17-21-33)40(50)46-30(4)39(49)47-31(5)41(51)56-27-32-18-14-12-15-19-32/h12-21,30-31,34-38H,6-11,22-29H2,1-5H3,(H,46,50)(H,47,49)(H,48,52)/t30-,31-,34+,35+,36+,37+,38+/m0/s1. The van der Waals surface area contributed by atoms with Crippen LogP contribution in [0, 0.1) is 0 Å². The summed E-state index contributed by atoms with van der Waals surface area (Å²) >= 11 is 0. The molecule has 15 heteroatoms. The fraction of sp³-hybridized carbons (Fsp3) is 0.628. The normalized spacial score (nSPS) is 19.6. The SMILES string of the molecule is CCCCOC[C@H]1O[C@@H](C(F)(F)C[C@@H](NC(=O)OCc2ccccc2)C(=O)N[C@@H](C)C(=O)N[C@@H](C)C(=O)OCc2ccccc2)C[C@@H](OCCCC)[C@H]1OCCCC. The van der Waals surface area contributed by atoms with Crippen molar-refractivity contribution in [1.82, 2.24) is 16.0 Å². The van der Waals surface area contributed by atoms with Gasteiger partial charge in [0.05, 0.1) is 12.7 Å². The number of halogens is 2. The third kappa shape index (κ3) is 17.0. The average Bonchev–Trinajstić information content (AvgIpc) is 3.21. The molecule has 1 fully saturated rings. The van der Waals surface area contributed by atoms with Gasteiger partial charge in [0.15, 0.2) is 0 Å². The minimum absolute atomic E-state index is 0.00413. The van der Waals surface area contributed by atoms with Crippen LogP contribution in [0.3, 0.4) is 0 Å². The molecule has 2 aromatic rings. The summed E-state index contributed by atoms with van der Waals surface area (Å²) < 4.78 is 68.1. The van der Waals surface area contributed by atoms with Gasteiger partial charge in [-0.1, -0.05) is 101 Å². The molecule has 3 amide bonds. The van der Waals surface area contributed by atoms with Crippen LogP contribution in [0.25, 0.3) is 0 Å². The van der Waals surface area contributed by atoms with Crippen molar-refractivity contribution in [3.05, 3.63) is 71.8 Å². The Balaban J connectivity index is 1.78. The lowest BCUT2D eigenvalue weighted by atomic mass is 9.91. The van der Waals surface area contributed by atoms with Crippen molar-refractivity contribution in [2.75, 3.05) is 26.4 Å². The molecule has 0 saturated carbocycles. The summed E-state index contributed by atoms with van der Waals surface area (Å²) in [5.74, 6) is -6.28. The zero-order valence-corrected chi connectivity index (χ0v) is 34.6. The van der Waals surface area contributed by atoms with Crippen molar-refractivity contribution in [3.63, 3.8) is 0 Å². The molecule has 3 rings (SSSR count). The first kappa shape index (κ1) is 48.2. The molecular formula is C43H63F2N3O10. The molecule has 0 unspecified atom stereocenters. The highest BCUT2D eigenvalue weighted by atomic mass is 19.3. The Morgan fingerprint density at radius 2 is 1.29 bits per heavy atom. The summed E-state index contributed by atoms with van der Waals surface area (Å²) in [7, 11) is 0. The topological polar surface area (TPSA) is 160 Å². The second kappa shape index (κ2) is 26.0. The van der Waals surface area contributed by atoms with Gasteiger partial charge in [0.1, 0.15) is 49.7 Å². The van der Waals surface area contributed by atoms with E-state index in [1.54, 1.807) is 54.6 Å². The number of nitrogens with one attached hydrogen (secondary N) is 3. The van der Waals surface area contributed by atoms with E-state index in [0.29, 0.717) is 31.8 Å². The zero-order valence-electron chi connectivity index (χ0n) is 34.6. The molecule has 0 aromatic heterocycles. The number of esters is 1. The van der Waals surface area contributed by atoms with Crippen LogP contribution in [0.2, 0.25) is 0 Å². The fourth-order valence-corrected chi connectivity index (χ4v) is 6.05. The minimum Gasteiger partial charge on any atom is -0.459 e. The van der Waals surface area contributed by atoms with Crippen LogP contribution in [0.1, 0.15) is 97.1 Å². The number of carbonyl (C=O) groups excluding carboxylic acids is 4. The van der Waals surface area contributed by atoms with Gasteiger partial charge < -0.3 is 44.4 Å². The van der Waals surface area contributed by atoms with Crippen molar-refractivity contribution in [2.24, 2.45) is 0 Å². The monoisotopic (exact) mass is 819 g/mol. The predicted molar refractivity (Wildman–Crippen MR) is 213 cm³/mol. The first-order valence-corrected chi connectivity index (χ1v) is 20.5. The van der Waals surface area contributed by atoms with Crippen LogP contribution in [-0.4, -0.2) is 98.8 Å². The Hall–Kier alpha value is -4.18. The van der Waals surface area contributed by atoms with Gasteiger partial charge in [-0.15, -0.1) is 0 Å². The number of alkyl carbamates (subject to hydrolysis) is 1. The number of benzene rings is 2. The molecule has 7 atom stereocenters. The van der Waals surface area contributed by atoms with Gasteiger partial charge >= 0.3 is 12.1 Å². The molecular weight excluding hydrogens is 756 g/mol. The highest BCUT2D eigenvalue weighted by molar-refractivity contribution is 5.92. The largest absolute Gasteiger partial charge is 0.459 e. The molecule has 3 N–H and O–H groups in total. The van der Waals surface area contributed by atoms with Crippen LogP contribution in [-0.2, 0) is 56.0 Å². The fourth-order valence-electron chi connectivity index (χ4n) is 6.05. The van der Waals surface area contributed by atoms with Crippen LogP contribution in [0.5, 0.6) is 0 Å². The van der Waals surface area contributed by atoms with Crippen molar-refractivity contribution in [1.29, 1.82) is 0 Å². The van der Waals surface area contributed by atoms with Gasteiger partial charge in [0, 0.05) is 32.7 Å². The lowest BCUT2D eigenvalue weighted by Crippen LogP contribution is -2.59. The lowest BCUT2D eigenvalue weighted by Gasteiger charge is -2.44. The first-order valence-electron chi connectivity index (χ1n) is 20.5. The average molecular weight is 820 g/mol. The van der Waals surface area contributed by atoms with E-state index in [-0.39, 0.29) is 26.2 Å². The number of hydrogen-bond donors (Lipinski definition) is 3. The number of ether oxygens (including phenoxy) is 6. The molecule has 1 aliphatic rings. The number of amides is 3. The molecule has 0 aliphatic carbocycles. The highest BCUT2D eigenvalue weighted by Crippen LogP contribution is 2.37. The molecule has 0 bridgehead atoms. The van der Waals surface area contributed by atoms with Crippen molar-refractivity contribution < 1.29 is 56.4 Å². The van der Waals surface area contributed by atoms with E-state index < -0.39 is 78.8 Å². The molecule has 1 saturated heterocycles. The second-order valence-corrected chi connectivity index (χ2v) is 14.6. The Bertz CT molecular complexity index is 1510. The Kier molecular flexibility index (Phi) is 21.6. The summed E-state index contributed by atoms with van der Waals surface area (Å²) in [6, 6.07) is 13.4. The summed E-state index contributed by atoms with van der Waals surface area (Å²) in [4.78, 5) is 52.4. The summed E-state index contributed by atoms with van der Waals surface area (Å²) in [6.07, 6.45) is -1.78. The van der Waals surface area contributed by atoms with E-state index in [1.807, 2.05) is 26.8 Å². The van der Waals surface area contributed by atoms with Gasteiger partial charge in [-0.3, -0.25) is 9.59 Å². The number of carbonyl (C=O) groups is 4. The van der Waals surface area contributed by atoms with Gasteiger partial charge in [-0.2, -0.15) is 0 Å². The van der Waals surface area contributed by atoms with E-state index in [0.717, 1.165) is 37.7 Å². The van der Waals surface area contributed by atoms with Crippen LogP contribution in [0.15, 0.2) is 60.7 Å². The maximum Gasteiger partial charge on any atom is 0.408 e. The Morgan fingerprint density at radius 3 is 1.90 bits per heavy atom. The van der Waals surface area contributed by atoms with Crippen molar-refractivity contribution in [2.45, 2.75) is 148 Å². The van der Waals surface area contributed by atoms with Crippen LogP contribution < -0.4 is 16.0 Å². The molecule has 0 spiro atoms. The van der Waals surface area contributed by atoms with Crippen LogP contribution >= 0.6 is 0 Å². The van der Waals surface area contributed by atoms with Crippen molar-refractivity contribution >= 4 is 23.9 Å².